The predicted octanol–water partition coefficient (Wildman–Crippen LogP) is 4.00. The Balaban J connectivity index is 1.60. The number of rotatable bonds is 3. The smallest absolute Gasteiger partial charge is 0.167 e. The van der Waals surface area contributed by atoms with Crippen molar-refractivity contribution in [1.29, 1.82) is 0 Å². The van der Waals surface area contributed by atoms with Crippen LogP contribution in [0.4, 0.5) is 17.2 Å². The number of hydrogen-bond acceptors (Lipinski definition) is 6. The van der Waals surface area contributed by atoms with Gasteiger partial charge in [0.1, 0.15) is 18.3 Å². The first-order chi connectivity index (χ1) is 13.7. The van der Waals surface area contributed by atoms with Gasteiger partial charge in [0.05, 0.1) is 16.6 Å². The second-order valence-corrected chi connectivity index (χ2v) is 6.51. The van der Waals surface area contributed by atoms with Gasteiger partial charge < -0.3 is 11.1 Å². The lowest BCUT2D eigenvalue weighted by Gasteiger charge is -2.13. The molecule has 5 aromatic rings. The molecule has 3 heterocycles. The van der Waals surface area contributed by atoms with E-state index < -0.39 is 0 Å². The molecule has 5 rings (SSSR count). The van der Waals surface area contributed by atoms with Crippen LogP contribution in [0.3, 0.4) is 0 Å². The fraction of sp³-hybridized carbons (Fsp3) is 0.0476. The lowest BCUT2D eigenvalue weighted by Crippen LogP contribution is -2.07. The fourth-order valence-corrected chi connectivity index (χ4v) is 3.30. The van der Waals surface area contributed by atoms with Crippen molar-refractivity contribution in [2.24, 2.45) is 0 Å². The third-order valence-electron chi connectivity index (χ3n) is 4.67. The Morgan fingerprint density at radius 2 is 1.75 bits per heavy atom. The van der Waals surface area contributed by atoms with E-state index in [1.165, 1.54) is 6.33 Å². The second-order valence-electron chi connectivity index (χ2n) is 6.51. The molecule has 7 nitrogen and oxygen atoms in total. The fourth-order valence-electron chi connectivity index (χ4n) is 3.30. The molecule has 7 heteroatoms. The highest BCUT2D eigenvalue weighted by atomic mass is 15.2. The Labute approximate surface area is 160 Å². The number of aromatic nitrogens is 5. The lowest BCUT2D eigenvalue weighted by molar-refractivity contribution is 1.00. The molecule has 2 aromatic carbocycles. The number of imidazole rings is 1. The van der Waals surface area contributed by atoms with Gasteiger partial charge in [-0.15, -0.1) is 0 Å². The lowest BCUT2D eigenvalue weighted by atomic mass is 10.1. The van der Waals surface area contributed by atoms with Crippen LogP contribution in [0.1, 0.15) is 5.69 Å². The molecule has 0 bridgehead atoms. The molecule has 3 aromatic heterocycles. The summed E-state index contributed by atoms with van der Waals surface area (Å²) in [5, 5.41) is 4.34. The van der Waals surface area contributed by atoms with E-state index in [1.807, 2.05) is 66.1 Å². The summed E-state index contributed by atoms with van der Waals surface area (Å²) in [4.78, 5) is 17.7. The largest absolute Gasteiger partial charge is 0.393 e. The third kappa shape index (κ3) is 2.61. The maximum absolute atomic E-state index is 6.43. The number of nitrogens with zero attached hydrogens (tertiary/aromatic N) is 5. The molecule has 0 atom stereocenters. The molecule has 0 radical (unpaired) electrons. The highest BCUT2D eigenvalue weighted by molar-refractivity contribution is 5.94. The van der Waals surface area contributed by atoms with Gasteiger partial charge in [0.25, 0.3) is 0 Å². The van der Waals surface area contributed by atoms with E-state index in [1.54, 1.807) is 6.33 Å². The summed E-state index contributed by atoms with van der Waals surface area (Å²) in [6.45, 7) is 1.98. The minimum Gasteiger partial charge on any atom is -0.393 e. The van der Waals surface area contributed by atoms with Crippen LogP contribution >= 0.6 is 0 Å². The van der Waals surface area contributed by atoms with Crippen molar-refractivity contribution in [3.63, 3.8) is 0 Å². The van der Waals surface area contributed by atoms with Crippen LogP contribution in [0.25, 0.3) is 27.8 Å². The van der Waals surface area contributed by atoms with E-state index >= 15 is 0 Å². The molecule has 0 aliphatic rings. The normalized spacial score (nSPS) is 11.2. The highest BCUT2D eigenvalue weighted by Crippen LogP contribution is 2.30. The maximum Gasteiger partial charge on any atom is 0.167 e. The van der Waals surface area contributed by atoms with Crippen LogP contribution in [-0.4, -0.2) is 24.5 Å². The third-order valence-corrected chi connectivity index (χ3v) is 4.67. The van der Waals surface area contributed by atoms with Gasteiger partial charge in [0.15, 0.2) is 11.6 Å². The monoisotopic (exact) mass is 367 g/mol. The quantitative estimate of drug-likeness (QED) is 0.500. The first-order valence-corrected chi connectivity index (χ1v) is 8.87. The molecule has 0 aliphatic heterocycles. The van der Waals surface area contributed by atoms with Gasteiger partial charge in [-0.1, -0.05) is 18.2 Å². The van der Waals surface area contributed by atoms with Gasteiger partial charge in [-0.05, 0) is 43.3 Å². The molecular formula is C21H17N7. The average molecular weight is 367 g/mol. The number of fused-ring (bicyclic) bond motifs is 2. The summed E-state index contributed by atoms with van der Waals surface area (Å²) in [7, 11) is 0. The topological polar surface area (TPSA) is 94.5 Å². The van der Waals surface area contributed by atoms with E-state index in [-0.39, 0.29) is 0 Å². The van der Waals surface area contributed by atoms with Gasteiger partial charge >= 0.3 is 0 Å². The Morgan fingerprint density at radius 3 is 2.68 bits per heavy atom. The summed E-state index contributed by atoms with van der Waals surface area (Å²) in [6.07, 6.45) is 3.22. The molecule has 0 amide bonds. The van der Waals surface area contributed by atoms with Crippen LogP contribution in [0.15, 0.2) is 67.3 Å². The second kappa shape index (κ2) is 6.31. The Kier molecular flexibility index (Phi) is 3.65. The first-order valence-electron chi connectivity index (χ1n) is 8.87. The number of nitrogens with one attached hydrogen (secondary N) is 1. The van der Waals surface area contributed by atoms with Crippen molar-refractivity contribution in [3.8, 4) is 5.82 Å². The average Bonchev–Trinajstić information content (AvgIpc) is 3.13. The van der Waals surface area contributed by atoms with E-state index in [4.69, 9.17) is 5.73 Å². The zero-order valence-corrected chi connectivity index (χ0v) is 15.2. The molecular weight excluding hydrogens is 350 g/mol. The molecule has 28 heavy (non-hydrogen) atoms. The number of nitrogen functional groups attached to an aromatic ring is 1. The van der Waals surface area contributed by atoms with Gasteiger partial charge in [-0.2, -0.15) is 0 Å². The van der Waals surface area contributed by atoms with Crippen LogP contribution in [0.2, 0.25) is 0 Å². The standard InChI is InChI=1S/C21H17N7/c1-13-9-10-14-15(26-13)6-4-7-16(14)27-20-19(22)21(24-11-23-20)28-12-25-17-5-2-3-8-18(17)28/h2-12H,22H2,1H3,(H,23,24,27). The molecule has 136 valence electrons. The molecule has 0 fully saturated rings. The van der Waals surface area contributed by atoms with Gasteiger partial charge in [-0.25, -0.2) is 15.0 Å². The molecule has 0 saturated carbocycles. The minimum absolute atomic E-state index is 0.447. The van der Waals surface area contributed by atoms with Crippen molar-refractivity contribution < 1.29 is 0 Å². The highest BCUT2D eigenvalue weighted by Gasteiger charge is 2.14. The zero-order valence-electron chi connectivity index (χ0n) is 15.2. The Morgan fingerprint density at radius 1 is 0.893 bits per heavy atom. The van der Waals surface area contributed by atoms with E-state index in [0.717, 1.165) is 33.3 Å². The van der Waals surface area contributed by atoms with Crippen molar-refractivity contribution in [3.05, 3.63) is 72.9 Å². The maximum atomic E-state index is 6.43. The summed E-state index contributed by atoms with van der Waals surface area (Å²) < 4.78 is 1.87. The van der Waals surface area contributed by atoms with E-state index in [2.05, 4.69) is 25.3 Å². The van der Waals surface area contributed by atoms with Gasteiger partial charge in [0.2, 0.25) is 0 Å². The summed E-state index contributed by atoms with van der Waals surface area (Å²) >= 11 is 0. The summed E-state index contributed by atoms with van der Waals surface area (Å²) in [5.74, 6) is 1.12. The van der Waals surface area contributed by atoms with Crippen LogP contribution in [0, 0.1) is 6.92 Å². The predicted molar refractivity (Wildman–Crippen MR) is 111 cm³/mol. The number of anilines is 3. The van der Waals surface area contributed by atoms with Crippen LogP contribution < -0.4 is 11.1 Å². The number of benzene rings is 2. The van der Waals surface area contributed by atoms with E-state index in [9.17, 15) is 0 Å². The van der Waals surface area contributed by atoms with E-state index in [0.29, 0.717) is 17.3 Å². The summed E-state index contributed by atoms with van der Waals surface area (Å²) in [6, 6.07) is 17.8. The van der Waals surface area contributed by atoms with Crippen LogP contribution in [0.5, 0.6) is 0 Å². The molecule has 3 N–H and O–H groups in total. The number of hydrogen-bond donors (Lipinski definition) is 2. The van der Waals surface area contributed by atoms with Gasteiger partial charge in [0, 0.05) is 16.8 Å². The molecule has 0 saturated heterocycles. The number of pyridine rings is 1. The number of aryl methyl sites for hydroxylation is 1. The van der Waals surface area contributed by atoms with Crippen molar-refractivity contribution >= 4 is 39.1 Å². The van der Waals surface area contributed by atoms with Crippen molar-refractivity contribution in [2.45, 2.75) is 6.92 Å². The number of nitrogens with two attached hydrogens (primary N) is 1. The Bertz CT molecular complexity index is 1320. The van der Waals surface area contributed by atoms with Crippen LogP contribution in [-0.2, 0) is 0 Å². The van der Waals surface area contributed by atoms with Crippen molar-refractivity contribution in [2.75, 3.05) is 11.1 Å². The minimum atomic E-state index is 0.447. The molecule has 0 unspecified atom stereocenters. The SMILES string of the molecule is Cc1ccc2c(Nc3ncnc(-n4cnc5ccccc54)c3N)cccc2n1. The van der Waals surface area contributed by atoms with Crippen molar-refractivity contribution in [1.82, 2.24) is 24.5 Å². The van der Waals surface area contributed by atoms with Gasteiger partial charge in [-0.3, -0.25) is 9.55 Å². The molecule has 0 aliphatic carbocycles. The first kappa shape index (κ1) is 16.2. The molecule has 0 spiro atoms. The zero-order chi connectivity index (χ0) is 19.1. The number of para-hydroxylation sites is 2. The summed E-state index contributed by atoms with van der Waals surface area (Å²) in [5.41, 5.74) is 11.5. The Hall–Kier alpha value is -4.00.